The molecule has 0 atom stereocenters. The predicted molar refractivity (Wildman–Crippen MR) is 113 cm³/mol. The van der Waals surface area contributed by atoms with Crippen LogP contribution in [0.2, 0.25) is 0 Å². The molecule has 3 aromatic heterocycles. The van der Waals surface area contributed by atoms with Crippen LogP contribution in [0.5, 0.6) is 0 Å². The molecule has 2 aliphatic rings. The second-order valence-corrected chi connectivity index (χ2v) is 8.58. The summed E-state index contributed by atoms with van der Waals surface area (Å²) < 4.78 is 16.3. The van der Waals surface area contributed by atoms with Crippen LogP contribution in [0.15, 0.2) is 39.6 Å². The Labute approximate surface area is 185 Å². The molecule has 0 spiro atoms. The van der Waals surface area contributed by atoms with Crippen LogP contribution in [0, 0.1) is 0 Å². The summed E-state index contributed by atoms with van der Waals surface area (Å²) in [6.45, 7) is 7.10. The van der Waals surface area contributed by atoms with E-state index in [4.69, 9.17) is 13.8 Å². The van der Waals surface area contributed by atoms with Gasteiger partial charge in [0.25, 0.3) is 11.8 Å². The zero-order valence-electron chi connectivity index (χ0n) is 18.1. The molecule has 5 rings (SSSR count). The number of aromatic nitrogens is 4. The molecule has 0 saturated carbocycles. The minimum absolute atomic E-state index is 0.102. The third kappa shape index (κ3) is 4.28. The van der Waals surface area contributed by atoms with Crippen LogP contribution < -0.4 is 0 Å². The average molecular weight is 438 g/mol. The number of likely N-dealkylation sites (tertiary alicyclic amines) is 1. The normalized spacial score (nSPS) is 19.2. The fourth-order valence-electron chi connectivity index (χ4n) is 4.14. The van der Waals surface area contributed by atoms with Crippen LogP contribution >= 0.6 is 0 Å². The van der Waals surface area contributed by atoms with Gasteiger partial charge in [-0.25, -0.2) is 0 Å². The standard InChI is InChI=1S/C22H26N6O4/c1-22(21-24-19(32-26-21)16-2-6-23-7-3-16)4-8-28(9-5-22)20(29)18-14-17(31-25-18)15-27-10-12-30-13-11-27/h2-3,6-7,14H,4-5,8-13,15H2,1H3. The van der Waals surface area contributed by atoms with Gasteiger partial charge in [0, 0.05) is 55.6 Å². The van der Waals surface area contributed by atoms with Crippen molar-refractivity contribution in [3.8, 4) is 11.5 Å². The fraction of sp³-hybridized carbons (Fsp3) is 0.500. The van der Waals surface area contributed by atoms with Gasteiger partial charge in [-0.2, -0.15) is 4.98 Å². The summed E-state index contributed by atoms with van der Waals surface area (Å²) in [4.78, 5) is 25.6. The molecule has 0 N–H and O–H groups in total. The first-order chi connectivity index (χ1) is 15.6. The maximum atomic E-state index is 13.0. The van der Waals surface area contributed by atoms with Crippen molar-refractivity contribution in [3.63, 3.8) is 0 Å². The second kappa shape index (κ2) is 8.79. The van der Waals surface area contributed by atoms with Gasteiger partial charge in [0.15, 0.2) is 17.3 Å². The zero-order valence-corrected chi connectivity index (χ0v) is 18.1. The van der Waals surface area contributed by atoms with E-state index in [1.54, 1.807) is 18.5 Å². The van der Waals surface area contributed by atoms with E-state index in [0.29, 0.717) is 42.8 Å². The predicted octanol–water partition coefficient (Wildman–Crippen LogP) is 2.15. The number of ether oxygens (including phenoxy) is 1. The Morgan fingerprint density at radius 3 is 2.56 bits per heavy atom. The monoisotopic (exact) mass is 438 g/mol. The molecule has 0 bridgehead atoms. The molecule has 32 heavy (non-hydrogen) atoms. The van der Waals surface area contributed by atoms with Crippen molar-refractivity contribution in [3.05, 3.63) is 47.9 Å². The number of pyridine rings is 1. The van der Waals surface area contributed by atoms with E-state index in [1.165, 1.54) is 0 Å². The van der Waals surface area contributed by atoms with E-state index in [1.807, 2.05) is 17.0 Å². The van der Waals surface area contributed by atoms with Crippen molar-refractivity contribution in [2.75, 3.05) is 39.4 Å². The Balaban J connectivity index is 1.20. The summed E-state index contributed by atoms with van der Waals surface area (Å²) in [5.41, 5.74) is 0.946. The maximum absolute atomic E-state index is 13.0. The molecule has 0 aliphatic carbocycles. The van der Waals surface area contributed by atoms with Crippen LogP contribution in [0.3, 0.4) is 0 Å². The molecule has 2 fully saturated rings. The van der Waals surface area contributed by atoms with Crippen molar-refractivity contribution >= 4 is 5.91 Å². The van der Waals surface area contributed by atoms with Gasteiger partial charge in [-0.3, -0.25) is 14.7 Å². The van der Waals surface area contributed by atoms with Gasteiger partial charge in [-0.15, -0.1) is 0 Å². The van der Waals surface area contributed by atoms with Gasteiger partial charge in [-0.1, -0.05) is 17.2 Å². The molecule has 0 radical (unpaired) electrons. The lowest BCUT2D eigenvalue weighted by Gasteiger charge is -2.36. The number of carbonyl (C=O) groups excluding carboxylic acids is 1. The van der Waals surface area contributed by atoms with Crippen molar-refractivity contribution in [1.29, 1.82) is 0 Å². The topological polar surface area (TPSA) is 111 Å². The Bertz CT molecular complexity index is 1050. The fourth-order valence-corrected chi connectivity index (χ4v) is 4.14. The second-order valence-electron chi connectivity index (χ2n) is 8.58. The first kappa shape index (κ1) is 20.8. The molecule has 2 saturated heterocycles. The van der Waals surface area contributed by atoms with Gasteiger partial charge in [0.05, 0.1) is 19.8 Å². The number of rotatable bonds is 5. The van der Waals surface area contributed by atoms with E-state index in [2.05, 4.69) is 32.1 Å². The van der Waals surface area contributed by atoms with Gasteiger partial charge in [0.1, 0.15) is 0 Å². The molecule has 2 aliphatic heterocycles. The van der Waals surface area contributed by atoms with Gasteiger partial charge in [-0.05, 0) is 25.0 Å². The molecule has 168 valence electrons. The third-order valence-electron chi connectivity index (χ3n) is 6.31. The van der Waals surface area contributed by atoms with E-state index in [9.17, 15) is 4.79 Å². The lowest BCUT2D eigenvalue weighted by Crippen LogP contribution is -2.44. The van der Waals surface area contributed by atoms with Crippen LogP contribution in [0.25, 0.3) is 11.5 Å². The van der Waals surface area contributed by atoms with Crippen LogP contribution in [-0.4, -0.2) is 75.4 Å². The SMILES string of the molecule is CC1(c2noc(-c3ccncc3)n2)CCN(C(=O)c2cc(CN3CCOCC3)on2)CC1. The molecule has 0 aromatic carbocycles. The number of amides is 1. The minimum atomic E-state index is -0.253. The Morgan fingerprint density at radius 1 is 1.06 bits per heavy atom. The van der Waals surface area contributed by atoms with Crippen molar-refractivity contribution in [1.82, 2.24) is 30.1 Å². The highest BCUT2D eigenvalue weighted by Gasteiger charge is 2.38. The van der Waals surface area contributed by atoms with Crippen LogP contribution in [0.1, 0.15) is 41.8 Å². The third-order valence-corrected chi connectivity index (χ3v) is 6.31. The molecule has 10 heteroatoms. The Hall–Kier alpha value is -3.11. The number of nitrogens with zero attached hydrogens (tertiary/aromatic N) is 6. The number of carbonyl (C=O) groups is 1. The first-order valence-corrected chi connectivity index (χ1v) is 10.9. The van der Waals surface area contributed by atoms with Crippen molar-refractivity contribution < 1.29 is 18.6 Å². The van der Waals surface area contributed by atoms with E-state index >= 15 is 0 Å². The summed E-state index contributed by atoms with van der Waals surface area (Å²) in [5, 5.41) is 8.24. The van der Waals surface area contributed by atoms with Gasteiger partial charge in [0.2, 0.25) is 0 Å². The molecule has 1 amide bonds. The summed E-state index contributed by atoms with van der Waals surface area (Å²) >= 11 is 0. The number of morpholine rings is 1. The highest BCUT2D eigenvalue weighted by atomic mass is 16.5. The van der Waals surface area contributed by atoms with Crippen LogP contribution in [0.4, 0.5) is 0 Å². The smallest absolute Gasteiger partial charge is 0.276 e. The highest BCUT2D eigenvalue weighted by Crippen LogP contribution is 2.34. The van der Waals surface area contributed by atoms with Crippen LogP contribution in [-0.2, 0) is 16.7 Å². The number of hydrogen-bond acceptors (Lipinski definition) is 9. The largest absolute Gasteiger partial charge is 0.379 e. The summed E-state index contributed by atoms with van der Waals surface area (Å²) in [7, 11) is 0. The quantitative estimate of drug-likeness (QED) is 0.591. The lowest BCUT2D eigenvalue weighted by molar-refractivity contribution is 0.0305. The number of hydrogen-bond donors (Lipinski definition) is 0. The molecule has 5 heterocycles. The zero-order chi connectivity index (χ0) is 22.0. The Morgan fingerprint density at radius 2 is 1.81 bits per heavy atom. The van der Waals surface area contributed by atoms with E-state index in [-0.39, 0.29) is 11.3 Å². The lowest BCUT2D eigenvalue weighted by atomic mass is 9.79. The number of piperidine rings is 1. The van der Waals surface area contributed by atoms with Crippen molar-refractivity contribution in [2.45, 2.75) is 31.7 Å². The van der Waals surface area contributed by atoms with E-state index < -0.39 is 0 Å². The Kier molecular flexibility index (Phi) is 5.71. The minimum Gasteiger partial charge on any atom is -0.379 e. The molecule has 10 nitrogen and oxygen atoms in total. The van der Waals surface area contributed by atoms with Gasteiger partial charge < -0.3 is 18.7 Å². The van der Waals surface area contributed by atoms with Crippen molar-refractivity contribution in [2.24, 2.45) is 0 Å². The molecule has 3 aromatic rings. The molecular formula is C22H26N6O4. The first-order valence-electron chi connectivity index (χ1n) is 10.9. The van der Waals surface area contributed by atoms with E-state index in [0.717, 1.165) is 44.7 Å². The molecular weight excluding hydrogens is 412 g/mol. The van der Waals surface area contributed by atoms with Gasteiger partial charge >= 0.3 is 0 Å². The maximum Gasteiger partial charge on any atom is 0.276 e. The summed E-state index contributed by atoms with van der Waals surface area (Å²) in [6, 6.07) is 5.43. The summed E-state index contributed by atoms with van der Waals surface area (Å²) in [5.74, 6) is 1.75. The highest BCUT2D eigenvalue weighted by molar-refractivity contribution is 5.92. The average Bonchev–Trinajstić information content (AvgIpc) is 3.51. The molecule has 0 unspecified atom stereocenters. The summed E-state index contributed by atoms with van der Waals surface area (Å²) in [6.07, 6.45) is 4.88.